The lowest BCUT2D eigenvalue weighted by atomic mass is 10.0. The summed E-state index contributed by atoms with van der Waals surface area (Å²) in [5.74, 6) is 0.679. The Labute approximate surface area is 124 Å². The maximum absolute atomic E-state index is 12.4. The molecule has 0 aliphatic rings. The third kappa shape index (κ3) is 3.85. The molecule has 1 rings (SSSR count). The van der Waals surface area contributed by atoms with Crippen LogP contribution >= 0.6 is 0 Å². The van der Waals surface area contributed by atoms with E-state index < -0.39 is 28.8 Å². The molecule has 3 N–H and O–H groups in total. The van der Waals surface area contributed by atoms with Crippen LogP contribution in [0, 0.1) is 0 Å². The van der Waals surface area contributed by atoms with Crippen molar-refractivity contribution in [3.05, 3.63) is 18.2 Å². The van der Waals surface area contributed by atoms with Gasteiger partial charge in [0.2, 0.25) is 10.0 Å². The number of hydrogen-bond acceptors (Lipinski definition) is 6. The fourth-order valence-corrected chi connectivity index (χ4v) is 3.21. The Bertz CT molecular complexity index is 560. The molecule has 0 heterocycles. The molecule has 0 atom stereocenters. The third-order valence-corrected chi connectivity index (χ3v) is 4.87. The van der Waals surface area contributed by atoms with Gasteiger partial charge >= 0.3 is 0 Å². The predicted molar refractivity (Wildman–Crippen MR) is 77.1 cm³/mol. The molecule has 1 aromatic rings. The van der Waals surface area contributed by atoms with Crippen LogP contribution in [0.25, 0.3) is 0 Å². The fourth-order valence-electron chi connectivity index (χ4n) is 1.74. The molecule has 0 fully saturated rings. The van der Waals surface area contributed by atoms with Crippen LogP contribution in [-0.2, 0) is 10.0 Å². The summed E-state index contributed by atoms with van der Waals surface area (Å²) in [5, 5.41) is 18.7. The van der Waals surface area contributed by atoms with Crippen LogP contribution in [0.15, 0.2) is 23.1 Å². The molecule has 0 amide bonds. The number of rotatable bonds is 8. The van der Waals surface area contributed by atoms with E-state index in [1.807, 2.05) is 0 Å². The van der Waals surface area contributed by atoms with Crippen LogP contribution in [0.1, 0.15) is 13.3 Å². The molecule has 8 heteroatoms. The van der Waals surface area contributed by atoms with E-state index in [-0.39, 0.29) is 17.1 Å². The van der Waals surface area contributed by atoms with Crippen LogP contribution in [0.4, 0.5) is 0 Å². The molecular weight excluding hydrogens is 298 g/mol. The highest BCUT2D eigenvalue weighted by atomic mass is 32.2. The van der Waals surface area contributed by atoms with Gasteiger partial charge in [0.1, 0.15) is 0 Å². The second kappa shape index (κ2) is 7.08. The van der Waals surface area contributed by atoms with Gasteiger partial charge in [0.05, 0.1) is 37.9 Å². The number of aliphatic hydroxyl groups excluding tert-OH is 2. The second-order valence-electron chi connectivity index (χ2n) is 4.57. The van der Waals surface area contributed by atoms with Crippen LogP contribution in [0.3, 0.4) is 0 Å². The molecule has 0 spiro atoms. The van der Waals surface area contributed by atoms with Gasteiger partial charge in [0.25, 0.3) is 0 Å². The van der Waals surface area contributed by atoms with Crippen molar-refractivity contribution in [2.24, 2.45) is 0 Å². The Hall–Kier alpha value is -1.35. The van der Waals surface area contributed by atoms with Crippen molar-refractivity contribution in [1.82, 2.24) is 4.72 Å². The van der Waals surface area contributed by atoms with Gasteiger partial charge in [0, 0.05) is 6.07 Å². The molecule has 0 saturated heterocycles. The van der Waals surface area contributed by atoms with E-state index in [1.54, 1.807) is 6.92 Å². The minimum atomic E-state index is -3.92. The van der Waals surface area contributed by atoms with Crippen LogP contribution < -0.4 is 14.2 Å². The van der Waals surface area contributed by atoms with Crippen molar-refractivity contribution in [3.63, 3.8) is 0 Å². The Morgan fingerprint density at radius 3 is 2.14 bits per heavy atom. The number of nitrogens with one attached hydrogen (secondary N) is 1. The van der Waals surface area contributed by atoms with Gasteiger partial charge in [-0.15, -0.1) is 0 Å². The van der Waals surface area contributed by atoms with Crippen molar-refractivity contribution in [2.45, 2.75) is 23.8 Å². The minimum absolute atomic E-state index is 0.0418. The number of methoxy groups -OCH3 is 2. The van der Waals surface area contributed by atoms with Crippen LogP contribution in [-0.4, -0.2) is 51.6 Å². The number of aliphatic hydroxyl groups is 2. The molecule has 0 unspecified atom stereocenters. The maximum atomic E-state index is 12.4. The molecule has 1 aromatic carbocycles. The zero-order valence-corrected chi connectivity index (χ0v) is 13.1. The van der Waals surface area contributed by atoms with Crippen molar-refractivity contribution < 1.29 is 28.1 Å². The predicted octanol–water partition coefficient (Wildman–Crippen LogP) is 0.115. The largest absolute Gasteiger partial charge is 0.493 e. The van der Waals surface area contributed by atoms with E-state index >= 15 is 0 Å². The standard InChI is InChI=1S/C13H21NO6S/c1-4-13(8-15,9-16)14-21(17,18)10-5-6-11(19-2)12(7-10)20-3/h5-7,14-16H,4,8-9H2,1-3H3. The molecular formula is C13H21NO6S. The fraction of sp³-hybridized carbons (Fsp3) is 0.538. The molecule has 0 saturated carbocycles. The van der Waals surface area contributed by atoms with Gasteiger partial charge in [0.15, 0.2) is 11.5 Å². The summed E-state index contributed by atoms with van der Waals surface area (Å²) < 4.78 is 37.2. The lowest BCUT2D eigenvalue weighted by Gasteiger charge is -2.29. The molecule has 21 heavy (non-hydrogen) atoms. The normalized spacial score (nSPS) is 12.2. The number of sulfonamides is 1. The first kappa shape index (κ1) is 17.7. The molecule has 0 aliphatic carbocycles. The van der Waals surface area contributed by atoms with Crippen molar-refractivity contribution in [1.29, 1.82) is 0 Å². The Morgan fingerprint density at radius 2 is 1.71 bits per heavy atom. The zero-order chi connectivity index (χ0) is 16.1. The lowest BCUT2D eigenvalue weighted by Crippen LogP contribution is -2.53. The minimum Gasteiger partial charge on any atom is -0.493 e. The number of ether oxygens (including phenoxy) is 2. The molecule has 0 aromatic heterocycles. The summed E-state index contributed by atoms with van der Waals surface area (Å²) in [6.07, 6.45) is 0.243. The van der Waals surface area contributed by atoms with Gasteiger partial charge < -0.3 is 19.7 Å². The quantitative estimate of drug-likeness (QED) is 0.628. The average molecular weight is 319 g/mol. The molecule has 7 nitrogen and oxygen atoms in total. The third-order valence-electron chi connectivity index (χ3n) is 3.30. The first-order chi connectivity index (χ1) is 9.87. The van der Waals surface area contributed by atoms with Crippen LogP contribution in [0.5, 0.6) is 11.5 Å². The molecule has 120 valence electrons. The Kier molecular flexibility index (Phi) is 5.97. The van der Waals surface area contributed by atoms with Gasteiger partial charge in [-0.1, -0.05) is 6.92 Å². The van der Waals surface area contributed by atoms with E-state index in [0.29, 0.717) is 5.75 Å². The smallest absolute Gasteiger partial charge is 0.241 e. The van der Waals surface area contributed by atoms with E-state index in [0.717, 1.165) is 0 Å². The lowest BCUT2D eigenvalue weighted by molar-refractivity contribution is 0.105. The monoisotopic (exact) mass is 319 g/mol. The van der Waals surface area contributed by atoms with Gasteiger partial charge in [-0.3, -0.25) is 0 Å². The molecule has 0 bridgehead atoms. The van der Waals surface area contributed by atoms with Crippen molar-refractivity contribution >= 4 is 10.0 Å². The van der Waals surface area contributed by atoms with Crippen molar-refractivity contribution in [3.8, 4) is 11.5 Å². The zero-order valence-electron chi connectivity index (χ0n) is 12.3. The summed E-state index contributed by atoms with van der Waals surface area (Å²) in [7, 11) is -1.07. The van der Waals surface area contributed by atoms with Gasteiger partial charge in [-0.05, 0) is 18.6 Å². The number of benzene rings is 1. The summed E-state index contributed by atoms with van der Waals surface area (Å²) in [4.78, 5) is -0.0418. The van der Waals surface area contributed by atoms with E-state index in [1.165, 1.54) is 32.4 Å². The Balaban J connectivity index is 3.19. The van der Waals surface area contributed by atoms with Gasteiger partial charge in [-0.2, -0.15) is 0 Å². The Morgan fingerprint density at radius 1 is 1.14 bits per heavy atom. The summed E-state index contributed by atoms with van der Waals surface area (Å²) in [6.45, 7) is 0.655. The topological polar surface area (TPSA) is 105 Å². The van der Waals surface area contributed by atoms with Gasteiger partial charge in [-0.25, -0.2) is 13.1 Å². The highest BCUT2D eigenvalue weighted by molar-refractivity contribution is 7.89. The van der Waals surface area contributed by atoms with E-state index in [9.17, 15) is 18.6 Å². The van der Waals surface area contributed by atoms with Crippen molar-refractivity contribution in [2.75, 3.05) is 27.4 Å². The van der Waals surface area contributed by atoms with E-state index in [4.69, 9.17) is 9.47 Å². The summed E-state index contributed by atoms with van der Waals surface area (Å²) >= 11 is 0. The van der Waals surface area contributed by atoms with E-state index in [2.05, 4.69) is 4.72 Å². The first-order valence-electron chi connectivity index (χ1n) is 6.35. The maximum Gasteiger partial charge on any atom is 0.241 e. The van der Waals surface area contributed by atoms with Crippen LogP contribution in [0.2, 0.25) is 0 Å². The summed E-state index contributed by atoms with van der Waals surface area (Å²) in [5.41, 5.74) is -1.30. The highest BCUT2D eigenvalue weighted by Crippen LogP contribution is 2.29. The average Bonchev–Trinajstić information content (AvgIpc) is 2.51. The molecule has 0 radical (unpaired) electrons. The highest BCUT2D eigenvalue weighted by Gasteiger charge is 2.33. The number of hydrogen-bond donors (Lipinski definition) is 3. The first-order valence-corrected chi connectivity index (χ1v) is 7.84. The summed E-state index contributed by atoms with van der Waals surface area (Å²) in [6, 6.07) is 4.15. The molecule has 0 aliphatic heterocycles. The second-order valence-corrected chi connectivity index (χ2v) is 6.25. The SMILES string of the molecule is CCC(CO)(CO)NS(=O)(=O)c1ccc(OC)c(OC)c1.